The van der Waals surface area contributed by atoms with Crippen LogP contribution in [0.1, 0.15) is 38.6 Å². The maximum absolute atomic E-state index is 6.09. The fraction of sp³-hybridized carbons (Fsp3) is 0.500. The number of benzene rings is 1. The molecule has 1 atom stereocenters. The number of imidazole rings is 1. The molecule has 0 aliphatic carbocycles. The van der Waals surface area contributed by atoms with Crippen molar-refractivity contribution in [1.29, 1.82) is 0 Å². The molecular weight excluding hydrogens is 246 g/mol. The summed E-state index contributed by atoms with van der Waals surface area (Å²) in [5.41, 5.74) is 7.74. The van der Waals surface area contributed by atoms with Crippen molar-refractivity contribution >= 4 is 22.6 Å². The van der Waals surface area contributed by atoms with E-state index in [1.54, 1.807) is 0 Å². The van der Waals surface area contributed by atoms with Gasteiger partial charge in [0.2, 0.25) is 0 Å². The molecule has 4 heteroatoms. The van der Waals surface area contributed by atoms with Gasteiger partial charge in [-0.1, -0.05) is 18.5 Å². The van der Waals surface area contributed by atoms with Crippen molar-refractivity contribution < 1.29 is 0 Å². The quantitative estimate of drug-likeness (QED) is 0.898. The number of nitrogens with two attached hydrogens (primary N) is 1. The standard InChI is InChI=1S/C14H20ClN3/c1-3-10(2)18-13-9-11(15)6-7-12(13)17-14(18)5-4-8-16/h6-7,9-10H,3-5,8,16H2,1-2H3. The monoisotopic (exact) mass is 265 g/mol. The van der Waals surface area contributed by atoms with Crippen LogP contribution in [0.15, 0.2) is 18.2 Å². The molecule has 2 rings (SSSR count). The molecule has 2 N–H and O–H groups in total. The smallest absolute Gasteiger partial charge is 0.110 e. The highest BCUT2D eigenvalue weighted by Gasteiger charge is 2.14. The highest BCUT2D eigenvalue weighted by Crippen LogP contribution is 2.26. The second-order valence-electron chi connectivity index (χ2n) is 4.68. The summed E-state index contributed by atoms with van der Waals surface area (Å²) >= 11 is 6.09. The fourth-order valence-corrected chi connectivity index (χ4v) is 2.39. The minimum atomic E-state index is 0.432. The third kappa shape index (κ3) is 2.52. The van der Waals surface area contributed by atoms with Gasteiger partial charge in [0.15, 0.2) is 0 Å². The van der Waals surface area contributed by atoms with E-state index in [-0.39, 0.29) is 0 Å². The van der Waals surface area contributed by atoms with Crippen molar-refractivity contribution in [2.24, 2.45) is 5.73 Å². The van der Waals surface area contributed by atoms with E-state index in [1.165, 1.54) is 0 Å². The molecule has 0 spiro atoms. The van der Waals surface area contributed by atoms with Crippen LogP contribution in [0.25, 0.3) is 11.0 Å². The molecule has 0 aliphatic heterocycles. The van der Waals surface area contributed by atoms with Crippen molar-refractivity contribution in [1.82, 2.24) is 9.55 Å². The lowest BCUT2D eigenvalue weighted by Crippen LogP contribution is -2.10. The zero-order valence-electron chi connectivity index (χ0n) is 11.0. The molecule has 0 saturated carbocycles. The maximum atomic E-state index is 6.09. The minimum absolute atomic E-state index is 0.432. The fourth-order valence-electron chi connectivity index (χ4n) is 2.23. The normalized spacial score (nSPS) is 13.1. The van der Waals surface area contributed by atoms with E-state index in [9.17, 15) is 0 Å². The molecule has 2 aromatic rings. The molecule has 18 heavy (non-hydrogen) atoms. The van der Waals surface area contributed by atoms with Gasteiger partial charge in [0.25, 0.3) is 0 Å². The highest BCUT2D eigenvalue weighted by molar-refractivity contribution is 6.31. The van der Waals surface area contributed by atoms with Gasteiger partial charge < -0.3 is 10.3 Å². The van der Waals surface area contributed by atoms with Crippen LogP contribution in [0.4, 0.5) is 0 Å². The Balaban J connectivity index is 2.54. The summed E-state index contributed by atoms with van der Waals surface area (Å²) in [5.74, 6) is 1.12. The summed E-state index contributed by atoms with van der Waals surface area (Å²) in [7, 11) is 0. The summed E-state index contributed by atoms with van der Waals surface area (Å²) in [6.07, 6.45) is 2.97. The van der Waals surface area contributed by atoms with E-state index in [0.29, 0.717) is 12.6 Å². The molecule has 1 heterocycles. The van der Waals surface area contributed by atoms with Crippen LogP contribution in [0, 0.1) is 0 Å². The SMILES string of the molecule is CCC(C)n1c(CCCN)nc2ccc(Cl)cc21. The summed E-state index contributed by atoms with van der Waals surface area (Å²) in [6.45, 7) is 5.10. The Morgan fingerprint density at radius 1 is 1.44 bits per heavy atom. The predicted octanol–water partition coefficient (Wildman–Crippen LogP) is 3.55. The Morgan fingerprint density at radius 3 is 2.89 bits per heavy atom. The van der Waals surface area contributed by atoms with E-state index >= 15 is 0 Å². The topological polar surface area (TPSA) is 43.8 Å². The first kappa shape index (κ1) is 13.4. The number of aryl methyl sites for hydroxylation is 1. The van der Waals surface area contributed by atoms with Gasteiger partial charge in [-0.2, -0.15) is 0 Å². The molecule has 0 aliphatic rings. The van der Waals surface area contributed by atoms with Crippen LogP contribution in [0.3, 0.4) is 0 Å². The first-order valence-electron chi connectivity index (χ1n) is 6.53. The highest BCUT2D eigenvalue weighted by atomic mass is 35.5. The molecule has 1 aromatic heterocycles. The number of hydrogen-bond donors (Lipinski definition) is 1. The van der Waals surface area contributed by atoms with E-state index in [1.807, 2.05) is 18.2 Å². The third-order valence-corrected chi connectivity index (χ3v) is 3.60. The number of fused-ring (bicyclic) bond motifs is 1. The number of halogens is 1. The minimum Gasteiger partial charge on any atom is -0.330 e. The van der Waals surface area contributed by atoms with Gasteiger partial charge in [-0.25, -0.2) is 4.98 Å². The Labute approximate surface area is 113 Å². The molecular formula is C14H20ClN3. The van der Waals surface area contributed by atoms with Crippen LogP contribution < -0.4 is 5.73 Å². The average molecular weight is 266 g/mol. The van der Waals surface area contributed by atoms with Gasteiger partial charge in [-0.3, -0.25) is 0 Å². The Bertz CT molecular complexity index is 533. The summed E-state index contributed by atoms with van der Waals surface area (Å²) in [4.78, 5) is 4.71. The first-order valence-corrected chi connectivity index (χ1v) is 6.91. The summed E-state index contributed by atoms with van der Waals surface area (Å²) in [5, 5.41) is 0.761. The van der Waals surface area contributed by atoms with Crippen molar-refractivity contribution in [3.8, 4) is 0 Å². The first-order chi connectivity index (χ1) is 8.67. The molecule has 0 fully saturated rings. The van der Waals surface area contributed by atoms with Gasteiger partial charge in [-0.15, -0.1) is 0 Å². The molecule has 0 amide bonds. The Morgan fingerprint density at radius 2 is 2.22 bits per heavy atom. The van der Waals surface area contributed by atoms with Crippen molar-refractivity contribution in [3.63, 3.8) is 0 Å². The zero-order valence-corrected chi connectivity index (χ0v) is 11.7. The lowest BCUT2D eigenvalue weighted by atomic mass is 10.2. The summed E-state index contributed by atoms with van der Waals surface area (Å²) < 4.78 is 2.30. The molecule has 0 saturated heterocycles. The van der Waals surface area contributed by atoms with Crippen LogP contribution in [0.5, 0.6) is 0 Å². The van der Waals surface area contributed by atoms with Gasteiger partial charge in [0.1, 0.15) is 5.82 Å². The van der Waals surface area contributed by atoms with Gasteiger partial charge in [0, 0.05) is 17.5 Å². The lowest BCUT2D eigenvalue weighted by molar-refractivity contribution is 0.518. The van der Waals surface area contributed by atoms with E-state index in [0.717, 1.165) is 41.1 Å². The predicted molar refractivity (Wildman–Crippen MR) is 77.1 cm³/mol. The van der Waals surface area contributed by atoms with Crippen molar-refractivity contribution in [3.05, 3.63) is 29.0 Å². The van der Waals surface area contributed by atoms with Crippen LogP contribution in [0.2, 0.25) is 5.02 Å². The lowest BCUT2D eigenvalue weighted by Gasteiger charge is -2.15. The van der Waals surface area contributed by atoms with Crippen LogP contribution in [-0.4, -0.2) is 16.1 Å². The number of aromatic nitrogens is 2. The summed E-state index contributed by atoms with van der Waals surface area (Å²) in [6, 6.07) is 6.32. The maximum Gasteiger partial charge on any atom is 0.110 e. The van der Waals surface area contributed by atoms with Crippen molar-refractivity contribution in [2.45, 2.75) is 39.2 Å². The molecule has 0 bridgehead atoms. The second-order valence-corrected chi connectivity index (χ2v) is 5.12. The van der Waals surface area contributed by atoms with Gasteiger partial charge in [0.05, 0.1) is 11.0 Å². The van der Waals surface area contributed by atoms with Gasteiger partial charge in [-0.05, 0) is 44.5 Å². The Kier molecular flexibility index (Phi) is 4.25. The molecule has 1 unspecified atom stereocenters. The largest absolute Gasteiger partial charge is 0.330 e. The van der Waals surface area contributed by atoms with E-state index in [4.69, 9.17) is 22.3 Å². The molecule has 1 aromatic carbocycles. The van der Waals surface area contributed by atoms with E-state index < -0.39 is 0 Å². The Hall–Kier alpha value is -1.06. The molecule has 3 nitrogen and oxygen atoms in total. The molecule has 0 radical (unpaired) electrons. The van der Waals surface area contributed by atoms with Gasteiger partial charge >= 0.3 is 0 Å². The zero-order chi connectivity index (χ0) is 13.1. The van der Waals surface area contributed by atoms with Crippen molar-refractivity contribution in [2.75, 3.05) is 6.54 Å². The third-order valence-electron chi connectivity index (χ3n) is 3.36. The average Bonchev–Trinajstić information content (AvgIpc) is 2.73. The number of rotatable bonds is 5. The number of nitrogens with zero attached hydrogens (tertiary/aromatic N) is 2. The van der Waals surface area contributed by atoms with Crippen LogP contribution in [-0.2, 0) is 6.42 Å². The second kappa shape index (κ2) is 5.72. The number of hydrogen-bond acceptors (Lipinski definition) is 2. The van der Waals surface area contributed by atoms with E-state index in [2.05, 4.69) is 18.4 Å². The molecule has 98 valence electrons. The van der Waals surface area contributed by atoms with Crippen LogP contribution >= 0.6 is 11.6 Å².